The quantitative estimate of drug-likeness (QED) is 0.492. The van der Waals surface area contributed by atoms with Gasteiger partial charge in [-0.25, -0.2) is 0 Å². The minimum atomic E-state index is 0.400. The first-order chi connectivity index (χ1) is 20.7. The van der Waals surface area contributed by atoms with E-state index in [1.165, 1.54) is 31.0 Å². The second kappa shape index (κ2) is 20.2. The van der Waals surface area contributed by atoms with Gasteiger partial charge in [-0.05, 0) is 67.6 Å². The van der Waals surface area contributed by atoms with Gasteiger partial charge in [0.25, 0.3) is 0 Å². The first-order valence-corrected chi connectivity index (χ1v) is 17.4. The van der Waals surface area contributed by atoms with E-state index in [2.05, 4.69) is 85.3 Å². The summed E-state index contributed by atoms with van der Waals surface area (Å²) in [4.78, 5) is 11.6. The Balaban J connectivity index is 0.000000150. The highest BCUT2D eigenvalue weighted by molar-refractivity contribution is 7.99. The summed E-state index contributed by atoms with van der Waals surface area (Å²) in [5, 5.41) is 0. The number of likely N-dealkylation sites (N-methyl/N-ethyl adjacent to an activating group) is 4. The second-order valence-electron chi connectivity index (χ2n) is 12.9. The number of ether oxygens (including phenoxy) is 4. The van der Waals surface area contributed by atoms with Crippen molar-refractivity contribution in [1.29, 1.82) is 0 Å². The average molecular weight is 624 g/mol. The summed E-state index contributed by atoms with van der Waals surface area (Å²) in [7, 11) is 10.7. The summed E-state index contributed by atoms with van der Waals surface area (Å²) in [6.07, 6.45) is 3.08. The van der Waals surface area contributed by atoms with Crippen molar-refractivity contribution < 1.29 is 18.9 Å². The Morgan fingerprint density at radius 1 is 0.721 bits per heavy atom. The van der Waals surface area contributed by atoms with E-state index in [0.29, 0.717) is 24.4 Å². The molecule has 6 fully saturated rings. The van der Waals surface area contributed by atoms with E-state index in [4.69, 9.17) is 18.9 Å². The van der Waals surface area contributed by atoms with Crippen LogP contribution in [0.1, 0.15) is 20.3 Å². The van der Waals surface area contributed by atoms with Crippen molar-refractivity contribution in [2.24, 2.45) is 0 Å². The van der Waals surface area contributed by atoms with Crippen molar-refractivity contribution in [1.82, 2.24) is 24.5 Å². The molecule has 0 amide bonds. The van der Waals surface area contributed by atoms with Crippen LogP contribution in [0.25, 0.3) is 0 Å². The Hall–Kier alpha value is -0.950. The van der Waals surface area contributed by atoms with E-state index in [-0.39, 0.29) is 0 Å². The van der Waals surface area contributed by atoms with E-state index >= 15 is 0 Å². The van der Waals surface area contributed by atoms with Crippen LogP contribution in [0.15, 0.2) is 30.3 Å². The first-order valence-electron chi connectivity index (χ1n) is 16.3. The molecule has 4 atom stereocenters. The van der Waals surface area contributed by atoms with Crippen molar-refractivity contribution in [3.8, 4) is 5.75 Å². The molecule has 4 unspecified atom stereocenters. The molecule has 6 heterocycles. The summed E-state index contributed by atoms with van der Waals surface area (Å²) in [6.45, 7) is 17.2. The van der Waals surface area contributed by atoms with Crippen molar-refractivity contribution in [2.45, 2.75) is 50.7 Å². The molecule has 0 spiro atoms. The highest BCUT2D eigenvalue weighted by atomic mass is 32.2. The van der Waals surface area contributed by atoms with Gasteiger partial charge in [0, 0.05) is 76.5 Å². The standard InChI is InChI=1S/C10H13NO.C7H15NO.C6H11NO.C5H11NO.C5H11NS/c1-11-7-10(8-11)12-9-5-3-2-4-6-9;1-6-4-8(3)5-7(2)9-6;1-7-3-6-2-5(7)4-8-6;2*1-6-2-4-7-5-3-6/h2-6,10H,7-8H2,1H3;6-7H,4-5H2,1-3H3;5-6H,2-4H2,1H3;2*2-5H2,1H3. The van der Waals surface area contributed by atoms with Crippen LogP contribution in [0.5, 0.6) is 5.75 Å². The Morgan fingerprint density at radius 2 is 1.30 bits per heavy atom. The third-order valence-electron chi connectivity index (χ3n) is 8.32. The van der Waals surface area contributed by atoms with Gasteiger partial charge in [0.05, 0.1) is 38.1 Å². The van der Waals surface area contributed by atoms with Gasteiger partial charge >= 0.3 is 0 Å². The molecule has 1 aromatic carbocycles. The summed E-state index contributed by atoms with van der Waals surface area (Å²) < 4.78 is 21.7. The van der Waals surface area contributed by atoms with Gasteiger partial charge < -0.3 is 33.6 Å². The van der Waals surface area contributed by atoms with Gasteiger partial charge in [-0.1, -0.05) is 18.2 Å². The van der Waals surface area contributed by atoms with E-state index in [1.54, 1.807) is 0 Å². The van der Waals surface area contributed by atoms with Gasteiger partial charge in [-0.3, -0.25) is 9.80 Å². The number of rotatable bonds is 2. The van der Waals surface area contributed by atoms with Gasteiger partial charge in [-0.2, -0.15) is 11.8 Å². The summed E-state index contributed by atoms with van der Waals surface area (Å²) >= 11 is 2.06. The normalized spacial score (nSPS) is 30.2. The summed E-state index contributed by atoms with van der Waals surface area (Å²) in [5.74, 6) is 3.64. The molecule has 0 N–H and O–H groups in total. The first kappa shape index (κ1) is 36.5. The second-order valence-corrected chi connectivity index (χ2v) is 14.1. The molecule has 0 saturated carbocycles. The zero-order valence-electron chi connectivity index (χ0n) is 28.2. The highest BCUT2D eigenvalue weighted by Gasteiger charge is 2.36. The number of thioether (sulfide) groups is 1. The van der Waals surface area contributed by atoms with Crippen LogP contribution in [-0.2, 0) is 14.2 Å². The number of hydrogen-bond donors (Lipinski definition) is 0. The molecule has 6 aliphatic heterocycles. The maximum Gasteiger partial charge on any atom is 0.124 e. The van der Waals surface area contributed by atoms with E-state index in [0.717, 1.165) is 77.4 Å². The van der Waals surface area contributed by atoms with Gasteiger partial charge in [-0.15, -0.1) is 0 Å². The van der Waals surface area contributed by atoms with Gasteiger partial charge in [0.1, 0.15) is 11.9 Å². The lowest BCUT2D eigenvalue weighted by Crippen LogP contribution is -2.51. The SMILES string of the molecule is CC1CN(C)CC(C)O1.CN1CC(Oc2ccccc2)C1.CN1CC2CC1CO2.CN1CCOCC1.CN1CCSCC1. The predicted molar refractivity (Wildman–Crippen MR) is 180 cm³/mol. The zero-order valence-corrected chi connectivity index (χ0v) is 29.0. The van der Waals surface area contributed by atoms with Crippen LogP contribution in [-0.4, -0.2) is 180 Å². The lowest BCUT2D eigenvalue weighted by Gasteiger charge is -2.35. The molecule has 9 nitrogen and oxygen atoms in total. The van der Waals surface area contributed by atoms with E-state index in [9.17, 15) is 0 Å². The Bertz CT molecular complexity index is 797. The van der Waals surface area contributed by atoms with Crippen molar-refractivity contribution in [2.75, 3.05) is 125 Å². The molecule has 0 aliphatic carbocycles. The molecule has 6 saturated heterocycles. The Kier molecular flexibility index (Phi) is 17.2. The number of fused-ring (bicyclic) bond motifs is 2. The largest absolute Gasteiger partial charge is 0.488 e. The van der Waals surface area contributed by atoms with E-state index < -0.39 is 0 Å². The number of hydrogen-bond acceptors (Lipinski definition) is 10. The molecule has 10 heteroatoms. The molecule has 6 aliphatic rings. The predicted octanol–water partition coefficient (Wildman–Crippen LogP) is 2.81. The molecule has 248 valence electrons. The number of para-hydroxylation sites is 1. The molecule has 0 aromatic heterocycles. The molecule has 0 radical (unpaired) electrons. The monoisotopic (exact) mass is 623 g/mol. The highest BCUT2D eigenvalue weighted by Crippen LogP contribution is 2.25. The number of nitrogens with zero attached hydrogens (tertiary/aromatic N) is 5. The topological polar surface area (TPSA) is 53.1 Å². The van der Waals surface area contributed by atoms with Gasteiger partial charge in [0.2, 0.25) is 0 Å². The van der Waals surface area contributed by atoms with Crippen LogP contribution in [0.3, 0.4) is 0 Å². The average Bonchev–Trinajstić information content (AvgIpc) is 3.57. The minimum absolute atomic E-state index is 0.400. The molecule has 43 heavy (non-hydrogen) atoms. The zero-order chi connectivity index (χ0) is 31.0. The van der Waals surface area contributed by atoms with Crippen LogP contribution >= 0.6 is 11.8 Å². The Morgan fingerprint density at radius 3 is 1.67 bits per heavy atom. The summed E-state index contributed by atoms with van der Waals surface area (Å²) in [6, 6.07) is 10.7. The van der Waals surface area contributed by atoms with Crippen LogP contribution < -0.4 is 4.74 Å². The third kappa shape index (κ3) is 15.3. The number of benzene rings is 1. The van der Waals surface area contributed by atoms with Gasteiger partial charge in [0.15, 0.2) is 0 Å². The fourth-order valence-electron chi connectivity index (χ4n) is 5.74. The van der Waals surface area contributed by atoms with Crippen molar-refractivity contribution in [3.05, 3.63) is 30.3 Å². The fraction of sp³-hybridized carbons (Fsp3) is 0.818. The smallest absolute Gasteiger partial charge is 0.124 e. The van der Waals surface area contributed by atoms with Crippen molar-refractivity contribution in [3.63, 3.8) is 0 Å². The lowest BCUT2D eigenvalue weighted by molar-refractivity contribution is -0.0602. The fourth-order valence-corrected chi connectivity index (χ4v) is 6.83. The van der Waals surface area contributed by atoms with Crippen LogP contribution in [0, 0.1) is 0 Å². The minimum Gasteiger partial charge on any atom is -0.488 e. The molecule has 7 rings (SSSR count). The van der Waals surface area contributed by atoms with E-state index in [1.807, 2.05) is 30.3 Å². The third-order valence-corrected chi connectivity index (χ3v) is 9.26. The Labute approximate surface area is 267 Å². The molecular weight excluding hydrogens is 562 g/mol. The van der Waals surface area contributed by atoms with Crippen LogP contribution in [0.4, 0.5) is 0 Å². The van der Waals surface area contributed by atoms with Crippen molar-refractivity contribution >= 4 is 11.8 Å². The molecule has 1 aromatic rings. The molecular formula is C33H61N5O4S. The molecule has 2 bridgehead atoms. The maximum atomic E-state index is 5.68. The number of likely N-dealkylation sites (tertiary alicyclic amines) is 2. The number of morpholine rings is 3. The maximum absolute atomic E-state index is 5.68. The lowest BCUT2D eigenvalue weighted by atomic mass is 10.2. The summed E-state index contributed by atoms with van der Waals surface area (Å²) in [5.41, 5.74) is 0. The van der Waals surface area contributed by atoms with Crippen LogP contribution in [0.2, 0.25) is 0 Å².